The van der Waals surface area contributed by atoms with Crippen molar-refractivity contribution in [1.29, 1.82) is 0 Å². The maximum Gasteiger partial charge on any atom is 0.268 e. The maximum absolute atomic E-state index is 13.8. The summed E-state index contributed by atoms with van der Waals surface area (Å²) in [4.78, 5) is 13.8. The minimum absolute atomic E-state index is 0.128. The molecule has 3 atom stereocenters. The summed E-state index contributed by atoms with van der Waals surface area (Å²) in [6.07, 6.45) is 0.721. The summed E-state index contributed by atoms with van der Waals surface area (Å²) in [6, 6.07) is 16.0. The van der Waals surface area contributed by atoms with Crippen LogP contribution in [0.2, 0.25) is 0 Å². The van der Waals surface area contributed by atoms with Crippen molar-refractivity contribution in [2.75, 3.05) is 17.0 Å². The van der Waals surface area contributed by atoms with Crippen LogP contribution in [0.15, 0.2) is 48.5 Å². The van der Waals surface area contributed by atoms with Gasteiger partial charge in [0.1, 0.15) is 5.69 Å². The molecule has 1 unspecified atom stereocenters. The Morgan fingerprint density at radius 3 is 2.66 bits per heavy atom. The topological polar surface area (TPSA) is 78.3 Å². The quantitative estimate of drug-likeness (QED) is 0.334. The number of aryl methyl sites for hydroxylation is 1. The molecule has 0 saturated heterocycles. The van der Waals surface area contributed by atoms with Crippen molar-refractivity contribution in [3.8, 4) is 0 Å². The van der Waals surface area contributed by atoms with Crippen LogP contribution in [0, 0.1) is 0 Å². The third kappa shape index (κ3) is 5.85. The average molecular weight is 495 g/mol. The highest BCUT2D eigenvalue weighted by Crippen LogP contribution is 2.37. The van der Waals surface area contributed by atoms with Crippen molar-refractivity contribution in [2.24, 2.45) is 0 Å². The van der Waals surface area contributed by atoms with Gasteiger partial charge in [-0.25, -0.2) is 0 Å². The number of β-amino-alcohol motifs (C(OH)–C–C–N with tert-alkyl or cyclic N) is 1. The molecule has 1 amide bonds. The molecule has 4 N–H and O–H groups in total. The summed E-state index contributed by atoms with van der Waals surface area (Å²) in [7, 11) is 0. The molecular formula is C28H38N4O2S. The molecule has 0 spiro atoms. The van der Waals surface area contributed by atoms with Gasteiger partial charge in [-0.3, -0.25) is 4.79 Å². The predicted octanol–water partition coefficient (Wildman–Crippen LogP) is 4.93. The second-order valence-electron chi connectivity index (χ2n) is 10.5. The van der Waals surface area contributed by atoms with E-state index in [4.69, 9.17) is 0 Å². The van der Waals surface area contributed by atoms with Crippen LogP contribution in [0.1, 0.15) is 62.3 Å². The van der Waals surface area contributed by atoms with E-state index in [1.807, 2.05) is 36.4 Å². The highest BCUT2D eigenvalue weighted by molar-refractivity contribution is 8.00. The zero-order chi connectivity index (χ0) is 25.2. The number of anilines is 1. The van der Waals surface area contributed by atoms with Crippen molar-refractivity contribution in [1.82, 2.24) is 15.2 Å². The first-order valence-corrected chi connectivity index (χ1v) is 13.5. The molecule has 0 saturated carbocycles. The number of hydrogen-bond acceptors (Lipinski definition) is 5. The standard InChI is InChI=1S/C28H38N4O2S/c1-6-20-12-13-22-26-21(20)15-24(32(26)18(2)17-35-31-22)27(34)30-23(14-19-10-8-7-9-11-19)25(33)16-29-28(3,4)5/h7-13,15,18,23,25,29,31,33H,6,14,16-17H2,1-5H3,(H,30,34)/t18?,23-,25+/m0/s1. The van der Waals surface area contributed by atoms with Gasteiger partial charge in [0.25, 0.3) is 5.91 Å². The van der Waals surface area contributed by atoms with E-state index in [0.29, 0.717) is 18.7 Å². The van der Waals surface area contributed by atoms with E-state index >= 15 is 0 Å². The fourth-order valence-electron chi connectivity index (χ4n) is 4.68. The van der Waals surface area contributed by atoms with E-state index in [2.05, 4.69) is 66.7 Å². The number of amides is 1. The van der Waals surface area contributed by atoms with Crippen LogP contribution < -0.4 is 15.4 Å². The van der Waals surface area contributed by atoms with Crippen LogP contribution in [-0.2, 0) is 12.8 Å². The number of carbonyl (C=O) groups excluding carboxylic acids is 1. The molecule has 2 heterocycles. The first kappa shape index (κ1) is 25.6. The molecule has 0 aliphatic carbocycles. The van der Waals surface area contributed by atoms with Crippen LogP contribution in [0.25, 0.3) is 10.9 Å². The van der Waals surface area contributed by atoms with Gasteiger partial charge in [-0.1, -0.05) is 55.3 Å². The lowest BCUT2D eigenvalue weighted by atomic mass is 9.99. The van der Waals surface area contributed by atoms with Gasteiger partial charge >= 0.3 is 0 Å². The Labute approximate surface area is 213 Å². The van der Waals surface area contributed by atoms with Crippen molar-refractivity contribution in [3.05, 3.63) is 65.4 Å². The van der Waals surface area contributed by atoms with Gasteiger partial charge in [0.05, 0.1) is 23.3 Å². The summed E-state index contributed by atoms with van der Waals surface area (Å²) >= 11 is 1.67. The zero-order valence-electron chi connectivity index (χ0n) is 21.4. The number of aliphatic hydroxyl groups is 1. The minimum atomic E-state index is -0.733. The molecule has 1 aliphatic heterocycles. The monoisotopic (exact) mass is 494 g/mol. The van der Waals surface area contributed by atoms with Crippen LogP contribution in [0.3, 0.4) is 0 Å². The molecule has 3 aromatic rings. The van der Waals surface area contributed by atoms with Crippen LogP contribution in [0.5, 0.6) is 0 Å². The predicted molar refractivity (Wildman–Crippen MR) is 147 cm³/mol. The molecule has 1 aliphatic rings. The zero-order valence-corrected chi connectivity index (χ0v) is 22.2. The molecule has 7 heteroatoms. The number of carbonyl (C=O) groups is 1. The van der Waals surface area contributed by atoms with Crippen LogP contribution >= 0.6 is 11.9 Å². The highest BCUT2D eigenvalue weighted by Gasteiger charge is 2.28. The Bertz CT molecular complexity index is 1170. The number of hydrogen-bond donors (Lipinski definition) is 4. The number of rotatable bonds is 8. The smallest absolute Gasteiger partial charge is 0.268 e. The summed E-state index contributed by atoms with van der Waals surface area (Å²) in [5.41, 5.74) is 4.95. The Morgan fingerprint density at radius 1 is 1.23 bits per heavy atom. The van der Waals surface area contributed by atoms with Crippen LogP contribution in [0.4, 0.5) is 5.69 Å². The summed E-state index contributed by atoms with van der Waals surface area (Å²) in [5, 5.41) is 18.8. The normalized spacial score (nSPS) is 17.5. The average Bonchev–Trinajstić information content (AvgIpc) is 3.15. The van der Waals surface area contributed by atoms with E-state index in [9.17, 15) is 9.90 Å². The molecule has 2 aromatic carbocycles. The molecule has 4 rings (SSSR count). The second kappa shape index (κ2) is 10.6. The molecule has 0 fully saturated rings. The molecule has 35 heavy (non-hydrogen) atoms. The van der Waals surface area contributed by atoms with Gasteiger partial charge in [-0.05, 0) is 63.8 Å². The number of nitrogens with zero attached hydrogens (tertiary/aromatic N) is 1. The van der Waals surface area contributed by atoms with Crippen molar-refractivity contribution in [2.45, 2.75) is 71.2 Å². The highest BCUT2D eigenvalue weighted by atomic mass is 32.2. The first-order valence-electron chi connectivity index (χ1n) is 12.5. The molecule has 6 nitrogen and oxygen atoms in total. The van der Waals surface area contributed by atoms with E-state index in [-0.39, 0.29) is 17.5 Å². The molecule has 0 radical (unpaired) electrons. The SMILES string of the molecule is CCc1ccc2c3c1cc(C(=O)N[C@@H](Cc1ccccc1)[C@H](O)CNC(C)(C)C)n3C(C)CSN2. The molecule has 0 bridgehead atoms. The fourth-order valence-corrected chi connectivity index (χ4v) is 5.48. The largest absolute Gasteiger partial charge is 0.390 e. The van der Waals surface area contributed by atoms with E-state index in [1.54, 1.807) is 11.9 Å². The van der Waals surface area contributed by atoms with Gasteiger partial charge < -0.3 is 25.0 Å². The summed E-state index contributed by atoms with van der Waals surface area (Å²) < 4.78 is 5.63. The van der Waals surface area contributed by atoms with E-state index in [0.717, 1.165) is 34.3 Å². The lowest BCUT2D eigenvalue weighted by Crippen LogP contribution is -2.51. The minimum Gasteiger partial charge on any atom is -0.390 e. The Balaban J connectivity index is 1.68. The van der Waals surface area contributed by atoms with Crippen molar-refractivity contribution < 1.29 is 9.90 Å². The molecular weight excluding hydrogens is 456 g/mol. The Hall–Kier alpha value is -2.48. The maximum atomic E-state index is 13.8. The molecule has 188 valence electrons. The Morgan fingerprint density at radius 2 is 1.97 bits per heavy atom. The third-order valence-electron chi connectivity index (χ3n) is 6.57. The third-order valence-corrected chi connectivity index (χ3v) is 7.58. The van der Waals surface area contributed by atoms with Gasteiger partial charge in [-0.15, -0.1) is 0 Å². The first-order chi connectivity index (χ1) is 16.7. The van der Waals surface area contributed by atoms with Gasteiger partial charge in [0.2, 0.25) is 0 Å². The number of nitrogens with one attached hydrogen (secondary N) is 3. The van der Waals surface area contributed by atoms with Gasteiger partial charge in [-0.2, -0.15) is 0 Å². The number of aliphatic hydroxyl groups excluding tert-OH is 1. The molecule has 1 aromatic heterocycles. The van der Waals surface area contributed by atoms with Gasteiger partial charge in [0.15, 0.2) is 0 Å². The van der Waals surface area contributed by atoms with Crippen LogP contribution in [-0.4, -0.2) is 45.6 Å². The summed E-state index contributed by atoms with van der Waals surface area (Å²) in [5.74, 6) is 0.704. The van der Waals surface area contributed by atoms with Gasteiger partial charge in [0, 0.05) is 29.3 Å². The van der Waals surface area contributed by atoms with Crippen molar-refractivity contribution >= 4 is 34.4 Å². The Kier molecular flexibility index (Phi) is 7.79. The lowest BCUT2D eigenvalue weighted by molar-refractivity contribution is 0.0808. The van der Waals surface area contributed by atoms with E-state index < -0.39 is 12.1 Å². The number of benzene rings is 2. The fraction of sp³-hybridized carbons (Fsp3) is 0.464. The van der Waals surface area contributed by atoms with E-state index in [1.165, 1.54) is 5.56 Å². The number of aromatic nitrogens is 1. The lowest BCUT2D eigenvalue weighted by Gasteiger charge is -2.29. The summed E-state index contributed by atoms with van der Waals surface area (Å²) in [6.45, 7) is 10.9. The second-order valence-corrected chi connectivity index (χ2v) is 11.3. The van der Waals surface area contributed by atoms with Crippen molar-refractivity contribution in [3.63, 3.8) is 0 Å².